The third-order valence-corrected chi connectivity index (χ3v) is 8.39. The van der Waals surface area contributed by atoms with Gasteiger partial charge >= 0.3 is 6.18 Å². The van der Waals surface area contributed by atoms with E-state index >= 15 is 0 Å². The number of hydrogen-bond acceptors (Lipinski definition) is 5. The highest BCUT2D eigenvalue weighted by molar-refractivity contribution is 7.96. The van der Waals surface area contributed by atoms with Gasteiger partial charge in [-0.2, -0.15) is 18.4 Å². The van der Waals surface area contributed by atoms with Crippen molar-refractivity contribution in [3.63, 3.8) is 0 Å². The monoisotopic (exact) mass is 523 g/mol. The summed E-state index contributed by atoms with van der Waals surface area (Å²) in [6, 6.07) is 20.0. The van der Waals surface area contributed by atoms with Crippen molar-refractivity contribution in [2.45, 2.75) is 25.6 Å². The van der Waals surface area contributed by atoms with Crippen LogP contribution in [0.2, 0.25) is 0 Å². The van der Waals surface area contributed by atoms with Gasteiger partial charge in [0.05, 0.1) is 23.7 Å². The standard InChI is InChI=1S/C27H20F3N3O3S/c1-16-6-2-3-7-18(16)15-33-22-9-5-4-8-20(22)24-25(37(33,34)35)23(21(14-31)26(32)36-24)17-10-12-19(13-11-17)27(28,29)30/h2-13,23H,15,32H2,1H3/t23-/m0/s1. The molecule has 0 bridgehead atoms. The molecule has 6 nitrogen and oxygen atoms in total. The van der Waals surface area contributed by atoms with E-state index in [1.54, 1.807) is 30.3 Å². The number of aryl methyl sites for hydroxylation is 1. The molecule has 2 aliphatic heterocycles. The molecule has 3 aromatic carbocycles. The predicted molar refractivity (Wildman–Crippen MR) is 132 cm³/mol. The molecule has 0 unspecified atom stereocenters. The number of hydrogen-bond donors (Lipinski definition) is 1. The number of benzene rings is 3. The lowest BCUT2D eigenvalue weighted by molar-refractivity contribution is -0.137. The lowest BCUT2D eigenvalue weighted by Gasteiger charge is -2.38. The third-order valence-electron chi connectivity index (χ3n) is 6.50. The minimum absolute atomic E-state index is 0.00359. The van der Waals surface area contributed by atoms with Gasteiger partial charge in [-0.25, -0.2) is 8.42 Å². The highest BCUT2D eigenvalue weighted by atomic mass is 32.2. The molecular weight excluding hydrogens is 503 g/mol. The third kappa shape index (κ3) is 4.01. The fourth-order valence-electron chi connectivity index (χ4n) is 4.62. The van der Waals surface area contributed by atoms with Gasteiger partial charge in [0.25, 0.3) is 10.0 Å². The Morgan fingerprint density at radius 1 is 1.03 bits per heavy atom. The summed E-state index contributed by atoms with van der Waals surface area (Å²) in [5.74, 6) is -1.60. The molecule has 0 radical (unpaired) electrons. The molecule has 0 saturated heterocycles. The Morgan fingerprint density at radius 3 is 2.32 bits per heavy atom. The Hall–Kier alpha value is -4.23. The second-order valence-corrected chi connectivity index (χ2v) is 10.5. The van der Waals surface area contributed by atoms with Crippen molar-refractivity contribution in [2.24, 2.45) is 5.73 Å². The number of ether oxygens (including phenoxy) is 1. The number of nitrogens with two attached hydrogens (primary N) is 1. The topological polar surface area (TPSA) is 96.4 Å². The summed E-state index contributed by atoms with van der Waals surface area (Å²) < 4.78 is 75.1. The first kappa shape index (κ1) is 24.5. The summed E-state index contributed by atoms with van der Waals surface area (Å²) in [5, 5.41) is 9.89. The van der Waals surface area contributed by atoms with Crippen molar-refractivity contribution in [1.29, 1.82) is 5.26 Å². The van der Waals surface area contributed by atoms with Crippen LogP contribution in [0, 0.1) is 18.3 Å². The number of nitrogens with zero attached hydrogens (tertiary/aromatic N) is 2. The van der Waals surface area contributed by atoms with Crippen LogP contribution in [0.4, 0.5) is 18.9 Å². The van der Waals surface area contributed by atoms with Gasteiger partial charge in [0.2, 0.25) is 5.88 Å². The van der Waals surface area contributed by atoms with Gasteiger partial charge in [-0.1, -0.05) is 48.5 Å². The summed E-state index contributed by atoms with van der Waals surface area (Å²) in [5.41, 5.74) is 7.59. The van der Waals surface area contributed by atoms with Crippen molar-refractivity contribution in [1.82, 2.24) is 0 Å². The number of fused-ring (bicyclic) bond motifs is 2. The Morgan fingerprint density at radius 2 is 1.68 bits per heavy atom. The number of rotatable bonds is 3. The average Bonchev–Trinajstić information content (AvgIpc) is 2.86. The average molecular weight is 524 g/mol. The van der Waals surface area contributed by atoms with Crippen molar-refractivity contribution in [2.75, 3.05) is 4.31 Å². The molecule has 0 amide bonds. The van der Waals surface area contributed by atoms with E-state index in [-0.39, 0.29) is 34.2 Å². The van der Waals surface area contributed by atoms with E-state index in [0.29, 0.717) is 11.3 Å². The first-order valence-corrected chi connectivity index (χ1v) is 12.6. The van der Waals surface area contributed by atoms with Crippen LogP contribution < -0.4 is 10.0 Å². The van der Waals surface area contributed by atoms with Gasteiger partial charge < -0.3 is 10.5 Å². The van der Waals surface area contributed by atoms with Gasteiger partial charge in [0, 0.05) is 5.56 Å². The summed E-state index contributed by atoms with van der Waals surface area (Å²) in [4.78, 5) is -0.245. The number of para-hydroxylation sites is 1. The van der Waals surface area contributed by atoms with E-state index in [9.17, 15) is 26.9 Å². The van der Waals surface area contributed by atoms with E-state index < -0.39 is 27.7 Å². The molecule has 188 valence electrons. The molecule has 0 aromatic heterocycles. The zero-order valence-electron chi connectivity index (χ0n) is 19.5. The maximum Gasteiger partial charge on any atom is 0.416 e. The zero-order chi connectivity index (χ0) is 26.5. The number of nitriles is 1. The molecule has 1 atom stereocenters. The van der Waals surface area contributed by atoms with Crippen LogP contribution in [-0.4, -0.2) is 8.42 Å². The van der Waals surface area contributed by atoms with Gasteiger partial charge in [0.1, 0.15) is 16.5 Å². The van der Waals surface area contributed by atoms with Gasteiger partial charge in [0.15, 0.2) is 5.76 Å². The Labute approximate surface area is 211 Å². The second-order valence-electron chi connectivity index (χ2n) is 8.69. The molecule has 0 fully saturated rings. The number of sulfonamides is 1. The molecular formula is C27H20F3N3O3S. The summed E-state index contributed by atoms with van der Waals surface area (Å²) in [6.45, 7) is 1.87. The predicted octanol–water partition coefficient (Wildman–Crippen LogP) is 5.54. The second kappa shape index (κ2) is 8.71. The van der Waals surface area contributed by atoms with Crippen LogP contribution in [0.1, 0.15) is 33.7 Å². The van der Waals surface area contributed by atoms with Crippen LogP contribution in [0.3, 0.4) is 0 Å². The maximum absolute atomic E-state index is 14.2. The minimum Gasteiger partial charge on any atom is -0.439 e. The minimum atomic E-state index is -4.58. The number of halogens is 3. The number of anilines is 1. The normalized spacial score (nSPS) is 18.6. The van der Waals surface area contributed by atoms with Crippen molar-refractivity contribution in [3.8, 4) is 6.07 Å². The van der Waals surface area contributed by atoms with Crippen molar-refractivity contribution >= 4 is 21.5 Å². The highest BCUT2D eigenvalue weighted by Gasteiger charge is 2.47. The van der Waals surface area contributed by atoms with Crippen LogP contribution in [-0.2, 0) is 27.5 Å². The molecule has 2 heterocycles. The molecule has 0 saturated carbocycles. The first-order valence-electron chi connectivity index (χ1n) is 11.2. The lowest BCUT2D eigenvalue weighted by Crippen LogP contribution is -2.39. The SMILES string of the molecule is Cc1ccccc1CN1c2ccccc2C2=C([C@@H](c3ccc(C(F)(F)F)cc3)C(C#N)=C(N)O2)S1(=O)=O. The molecule has 0 aliphatic carbocycles. The van der Waals surface area contributed by atoms with E-state index in [2.05, 4.69) is 0 Å². The van der Waals surface area contributed by atoms with Crippen LogP contribution in [0.5, 0.6) is 0 Å². The van der Waals surface area contributed by atoms with Crippen LogP contribution in [0.15, 0.2) is 89.2 Å². The van der Waals surface area contributed by atoms with Crippen molar-refractivity contribution in [3.05, 3.63) is 117 Å². The highest BCUT2D eigenvalue weighted by Crippen LogP contribution is 2.51. The van der Waals surface area contributed by atoms with E-state index in [1.807, 2.05) is 31.2 Å². The quantitative estimate of drug-likeness (QED) is 0.486. The maximum atomic E-state index is 14.2. The van der Waals surface area contributed by atoms with E-state index in [4.69, 9.17) is 10.5 Å². The molecule has 37 heavy (non-hydrogen) atoms. The molecule has 0 spiro atoms. The molecule has 10 heteroatoms. The molecule has 3 aromatic rings. The summed E-state index contributed by atoms with van der Waals surface area (Å²) in [7, 11) is -4.33. The van der Waals surface area contributed by atoms with E-state index in [0.717, 1.165) is 35.4 Å². The molecule has 5 rings (SSSR count). The molecule has 2 aliphatic rings. The van der Waals surface area contributed by atoms with Gasteiger partial charge in [-0.05, 0) is 47.9 Å². The summed E-state index contributed by atoms with van der Waals surface area (Å²) in [6.07, 6.45) is -4.58. The Balaban J connectivity index is 1.74. The lowest BCUT2D eigenvalue weighted by atomic mass is 9.88. The largest absolute Gasteiger partial charge is 0.439 e. The molecule has 2 N–H and O–H groups in total. The van der Waals surface area contributed by atoms with Gasteiger partial charge in [-0.15, -0.1) is 0 Å². The Bertz CT molecular complexity index is 1620. The smallest absolute Gasteiger partial charge is 0.416 e. The van der Waals surface area contributed by atoms with E-state index in [1.165, 1.54) is 4.31 Å². The number of alkyl halides is 3. The summed E-state index contributed by atoms with van der Waals surface area (Å²) >= 11 is 0. The van der Waals surface area contributed by atoms with Gasteiger partial charge in [-0.3, -0.25) is 4.31 Å². The zero-order valence-corrected chi connectivity index (χ0v) is 20.3. The van der Waals surface area contributed by atoms with Crippen LogP contribution >= 0.6 is 0 Å². The Kier molecular flexibility index (Phi) is 5.76. The fourth-order valence-corrected chi connectivity index (χ4v) is 6.52. The van der Waals surface area contributed by atoms with Crippen LogP contribution in [0.25, 0.3) is 5.76 Å². The van der Waals surface area contributed by atoms with Crippen molar-refractivity contribution < 1.29 is 26.3 Å². The first-order chi connectivity index (χ1) is 17.5. The number of allylic oxidation sites excluding steroid dienone is 2. The fraction of sp³-hybridized carbons (Fsp3) is 0.148.